The molecule has 0 fully saturated rings. The molecular weight excluding hydrogens is 1300 g/mol. The molecule has 0 amide bonds. The van der Waals surface area contributed by atoms with Gasteiger partial charge in [0.15, 0.2) is 0 Å². The monoisotopic (exact) mass is 1340 g/mol. The van der Waals surface area contributed by atoms with E-state index in [-0.39, 0.29) is 118 Å². The molecule has 0 aliphatic carbocycles. The molecule has 9 aromatic carbocycles. The van der Waals surface area contributed by atoms with Gasteiger partial charge in [0.05, 0.1) is 72.4 Å². The first-order chi connectivity index (χ1) is 44.1. The molecule has 12 aromatic rings. The third-order valence-electron chi connectivity index (χ3n) is 16.0. The Kier molecular flexibility index (Phi) is 15.1. The number of aryl methyl sites for hydroxylation is 2. The summed E-state index contributed by atoms with van der Waals surface area (Å²) in [7, 11) is 0. The second-order valence-corrected chi connectivity index (χ2v) is 22.3. The first-order valence-electron chi connectivity index (χ1n) is 27.6. The molecule has 12 rings (SSSR count). The number of halogens is 22. The van der Waals surface area contributed by atoms with Crippen molar-refractivity contribution in [3.05, 3.63) is 232 Å². The highest BCUT2D eigenvalue weighted by Gasteiger charge is 2.41. The molecule has 0 radical (unpaired) electrons. The van der Waals surface area contributed by atoms with Gasteiger partial charge in [-0.3, -0.25) is 4.98 Å². The molecule has 0 bridgehead atoms. The van der Waals surface area contributed by atoms with Gasteiger partial charge in [0.2, 0.25) is 0 Å². The highest BCUT2D eigenvalue weighted by Crippen LogP contribution is 2.48. The zero-order valence-electron chi connectivity index (χ0n) is 47.8. The summed E-state index contributed by atoms with van der Waals surface area (Å²) in [5.41, 5.74) is -16.3. The average molecular weight is 1340 g/mol. The summed E-state index contributed by atoms with van der Waals surface area (Å²) >= 11 is 0. The van der Waals surface area contributed by atoms with Crippen LogP contribution in [-0.4, -0.2) is 14.1 Å². The van der Waals surface area contributed by atoms with E-state index in [0.717, 1.165) is 42.5 Å². The molecule has 0 spiro atoms. The summed E-state index contributed by atoms with van der Waals surface area (Å²) in [5.74, 6) is -1.35. The van der Waals surface area contributed by atoms with E-state index in [1.807, 2.05) is 0 Å². The molecule has 0 saturated heterocycles. The van der Waals surface area contributed by atoms with E-state index in [1.54, 1.807) is 13.8 Å². The summed E-state index contributed by atoms with van der Waals surface area (Å²) in [4.78, 5) is 4.43. The maximum absolute atomic E-state index is 15.3. The Morgan fingerprint density at radius 1 is 0.284 bits per heavy atom. The molecule has 4 nitrogen and oxygen atoms in total. The zero-order valence-corrected chi connectivity index (χ0v) is 47.8. The van der Waals surface area contributed by atoms with E-state index in [0.29, 0.717) is 53.9 Å². The first-order valence-corrected chi connectivity index (χ1v) is 27.6. The van der Waals surface area contributed by atoms with Gasteiger partial charge in [-0.1, -0.05) is 48.5 Å². The molecule has 0 unspecified atom stereocenters. The third-order valence-corrected chi connectivity index (χ3v) is 16.0. The van der Waals surface area contributed by atoms with E-state index in [4.69, 9.17) is 0 Å². The van der Waals surface area contributed by atoms with Crippen LogP contribution in [-0.2, 0) is 43.2 Å². The molecule has 0 atom stereocenters. The van der Waals surface area contributed by atoms with Crippen LogP contribution < -0.4 is 0 Å². The van der Waals surface area contributed by atoms with Crippen molar-refractivity contribution in [3.63, 3.8) is 0 Å². The lowest BCUT2D eigenvalue weighted by Gasteiger charge is -2.20. The maximum Gasteiger partial charge on any atom is 0.416 e. The van der Waals surface area contributed by atoms with Crippen LogP contribution >= 0.6 is 0 Å². The Morgan fingerprint density at radius 2 is 0.516 bits per heavy atom. The van der Waals surface area contributed by atoms with Gasteiger partial charge < -0.3 is 9.13 Å². The van der Waals surface area contributed by atoms with Gasteiger partial charge in [0.1, 0.15) is 17.4 Å². The van der Waals surface area contributed by atoms with Crippen molar-refractivity contribution in [2.75, 3.05) is 0 Å². The number of fused-ring (bicyclic) bond motifs is 6. The van der Waals surface area contributed by atoms with Crippen LogP contribution in [0.25, 0.3) is 111 Å². The van der Waals surface area contributed by atoms with Crippen molar-refractivity contribution in [1.29, 1.82) is 5.26 Å². The van der Waals surface area contributed by atoms with Crippen LogP contribution in [0.3, 0.4) is 0 Å². The molecule has 484 valence electrons. The molecule has 0 aliphatic rings. The fourth-order valence-corrected chi connectivity index (χ4v) is 11.8. The van der Waals surface area contributed by atoms with Gasteiger partial charge in [-0.15, -0.1) is 0 Å². The smallest absolute Gasteiger partial charge is 0.308 e. The number of hydrogen-bond acceptors (Lipinski definition) is 2. The topological polar surface area (TPSA) is 46.5 Å². The number of alkyl halides is 21. The Balaban J connectivity index is 1.26. The molecule has 0 saturated carbocycles. The molecule has 0 aliphatic heterocycles. The highest BCUT2D eigenvalue weighted by molar-refractivity contribution is 6.13. The van der Waals surface area contributed by atoms with Crippen molar-refractivity contribution >= 4 is 43.6 Å². The van der Waals surface area contributed by atoms with Gasteiger partial charge in [-0.05, 0) is 191 Å². The lowest BCUT2D eigenvalue weighted by Crippen LogP contribution is -2.11. The van der Waals surface area contributed by atoms with Crippen molar-refractivity contribution < 1.29 is 96.6 Å². The molecular formula is C69H34F22N4. The predicted octanol–water partition coefficient (Wildman–Crippen LogP) is 23.4. The summed E-state index contributed by atoms with van der Waals surface area (Å²) < 4.78 is 321. The predicted molar refractivity (Wildman–Crippen MR) is 309 cm³/mol. The molecule has 26 heteroatoms. The SMILES string of the molecule is Cc1cc(-c2cc(-n3c4cc(-c5cc(F)cc(C(F)(F)F)c5)ccc4c4ccc(-c5cc(C(F)(F)F)cc(C(F)(F)F)c5)cc43)c(C#N)c(-n3c4cc(-c5cc(C(F)(F)F)cc(C(F)(F)F)c5)ccc4c4ccc(-c5cc(C(F)(F)F)cc(C(F)(F)F)c5)cc43)c2)cc(C)n1. The summed E-state index contributed by atoms with van der Waals surface area (Å²) in [6.45, 7) is 3.14. The maximum atomic E-state index is 15.3. The Bertz CT molecular complexity index is 4950. The Morgan fingerprint density at radius 3 is 0.768 bits per heavy atom. The van der Waals surface area contributed by atoms with Crippen LogP contribution in [0.4, 0.5) is 96.6 Å². The van der Waals surface area contributed by atoms with E-state index in [9.17, 15) is 97.5 Å². The molecule has 3 aromatic heterocycles. The lowest BCUT2D eigenvalue weighted by molar-refractivity contribution is -0.144. The van der Waals surface area contributed by atoms with Crippen LogP contribution in [0.5, 0.6) is 0 Å². The number of aromatic nitrogens is 3. The number of nitrogens with zero attached hydrogens (tertiary/aromatic N) is 4. The number of rotatable bonds is 7. The summed E-state index contributed by atoms with van der Waals surface area (Å²) in [6, 6.07) is 25.8. The second kappa shape index (κ2) is 22.2. The lowest BCUT2D eigenvalue weighted by atomic mass is 9.97. The summed E-state index contributed by atoms with van der Waals surface area (Å²) in [6.07, 6.45) is -37.3. The van der Waals surface area contributed by atoms with Crippen LogP contribution in [0, 0.1) is 31.0 Å². The minimum Gasteiger partial charge on any atom is -0.308 e. The summed E-state index contributed by atoms with van der Waals surface area (Å²) in [5, 5.41) is 12.2. The van der Waals surface area contributed by atoms with Gasteiger partial charge in [-0.25, -0.2) is 4.39 Å². The Labute approximate surface area is 519 Å². The van der Waals surface area contributed by atoms with Gasteiger partial charge in [0.25, 0.3) is 0 Å². The first kappa shape index (κ1) is 64.8. The van der Waals surface area contributed by atoms with E-state index in [1.165, 1.54) is 69.8 Å². The van der Waals surface area contributed by atoms with Gasteiger partial charge in [0, 0.05) is 32.9 Å². The van der Waals surface area contributed by atoms with Gasteiger partial charge in [-0.2, -0.15) is 97.5 Å². The number of pyridine rings is 1. The minimum atomic E-state index is -5.38. The molecule has 0 N–H and O–H groups in total. The zero-order chi connectivity index (χ0) is 68.8. The number of benzene rings is 9. The van der Waals surface area contributed by atoms with Crippen LogP contribution in [0.2, 0.25) is 0 Å². The van der Waals surface area contributed by atoms with E-state index < -0.39 is 110 Å². The van der Waals surface area contributed by atoms with Gasteiger partial charge >= 0.3 is 43.2 Å². The fourth-order valence-electron chi connectivity index (χ4n) is 11.8. The standard InChI is InChI=1S/C69H34F22N4/c1-32-11-38(12-33(2)93-32)43-25-61(94-57-21-34(39-13-44(63(71,72)73)27-45(14-39)64(74,75)76)3-7-52(57)53-8-4-35(22-58(53)94)40-15-46(65(77,78)79)28-47(16-40)66(80,81)82)56(31-92)62(26-43)95-59-23-36(41-17-48(67(83,84)85)29-49(18-41)68(86,87)88)5-9-54(59)55-10-6-37(24-60(55)95)42-19-50(69(89,90)91)30-51(70)20-42/h3-30H,1-2H3. The normalized spacial score (nSPS) is 13.0. The van der Waals surface area contributed by atoms with E-state index in [2.05, 4.69) is 11.1 Å². The van der Waals surface area contributed by atoms with Crippen molar-refractivity contribution in [2.45, 2.75) is 57.1 Å². The third kappa shape index (κ3) is 12.2. The number of nitriles is 1. The fraction of sp³-hybridized carbons (Fsp3) is 0.130. The molecule has 3 heterocycles. The van der Waals surface area contributed by atoms with Crippen molar-refractivity contribution in [2.24, 2.45) is 0 Å². The van der Waals surface area contributed by atoms with Crippen LogP contribution in [0.1, 0.15) is 55.9 Å². The highest BCUT2D eigenvalue weighted by atomic mass is 19.4. The van der Waals surface area contributed by atoms with Crippen molar-refractivity contribution in [3.8, 4) is 73.1 Å². The minimum absolute atomic E-state index is 0.0450. The quantitative estimate of drug-likeness (QED) is 0.149. The average Bonchev–Trinajstić information content (AvgIpc) is 1.58. The number of hydrogen-bond donors (Lipinski definition) is 0. The van der Waals surface area contributed by atoms with Crippen LogP contribution in [0.15, 0.2) is 170 Å². The Hall–Kier alpha value is -10.3. The van der Waals surface area contributed by atoms with E-state index >= 15 is 4.39 Å². The van der Waals surface area contributed by atoms with Crippen molar-refractivity contribution in [1.82, 2.24) is 14.1 Å². The molecule has 95 heavy (non-hydrogen) atoms. The largest absolute Gasteiger partial charge is 0.416 e. The second-order valence-electron chi connectivity index (χ2n) is 22.3.